The Bertz CT molecular complexity index is 1340. The summed E-state index contributed by atoms with van der Waals surface area (Å²) in [4.78, 5) is 22.3. The lowest BCUT2D eigenvalue weighted by molar-refractivity contribution is 1.08. The molecule has 5 aromatic rings. The first-order valence-electron chi connectivity index (χ1n) is 9.00. The van der Waals surface area contributed by atoms with Crippen LogP contribution in [0.3, 0.4) is 0 Å². The summed E-state index contributed by atoms with van der Waals surface area (Å²) in [6.07, 6.45) is 6.66. The van der Waals surface area contributed by atoms with Gasteiger partial charge < -0.3 is 5.73 Å². The highest BCUT2D eigenvalue weighted by Gasteiger charge is 2.13. The summed E-state index contributed by atoms with van der Waals surface area (Å²) in [5.41, 5.74) is 13.0. The number of fused-ring (bicyclic) bond motifs is 1. The summed E-state index contributed by atoms with van der Waals surface area (Å²) in [5, 5.41) is 7.25. The third kappa shape index (κ3) is 3.16. The molecule has 0 saturated carbocycles. The Balaban J connectivity index is 1.61. The van der Waals surface area contributed by atoms with Crippen molar-refractivity contribution in [2.45, 2.75) is 6.92 Å². The first-order chi connectivity index (χ1) is 14.2. The maximum Gasteiger partial charge on any atom is 0.142 e. The van der Waals surface area contributed by atoms with Crippen LogP contribution in [0.1, 0.15) is 5.69 Å². The molecule has 0 radical (unpaired) electrons. The Morgan fingerprint density at radius 3 is 2.62 bits per heavy atom. The zero-order valence-electron chi connectivity index (χ0n) is 15.5. The Labute approximate surface area is 165 Å². The summed E-state index contributed by atoms with van der Waals surface area (Å²) in [5.74, 6) is 0.359. The van der Waals surface area contributed by atoms with Crippen LogP contribution < -0.4 is 5.73 Å². The van der Waals surface area contributed by atoms with Crippen LogP contribution in [0.15, 0.2) is 61.2 Å². The van der Waals surface area contributed by atoms with Crippen LogP contribution in [0.25, 0.3) is 44.9 Å². The molecule has 5 rings (SSSR count). The van der Waals surface area contributed by atoms with Crippen LogP contribution in [0.2, 0.25) is 0 Å². The SMILES string of the molecule is Cc1cccc(-c2[nH]ncc2-c2ccc3ncc(-c4cncc(N)n4)cc3n2)n1. The molecule has 0 unspecified atom stereocenters. The number of nitrogens with two attached hydrogens (primary N) is 1. The fraction of sp³-hybridized carbons (Fsp3) is 0.0476. The quantitative estimate of drug-likeness (QED) is 0.492. The molecule has 8 nitrogen and oxygen atoms in total. The van der Waals surface area contributed by atoms with Gasteiger partial charge in [-0.1, -0.05) is 6.07 Å². The van der Waals surface area contributed by atoms with E-state index < -0.39 is 0 Å². The Morgan fingerprint density at radius 2 is 1.76 bits per heavy atom. The van der Waals surface area contributed by atoms with Gasteiger partial charge in [0.15, 0.2) is 0 Å². The highest BCUT2D eigenvalue weighted by atomic mass is 15.1. The minimum Gasteiger partial charge on any atom is -0.382 e. The van der Waals surface area contributed by atoms with Gasteiger partial charge in [-0.3, -0.25) is 20.1 Å². The van der Waals surface area contributed by atoms with Crippen molar-refractivity contribution in [1.82, 2.24) is 35.1 Å². The molecule has 0 spiro atoms. The smallest absolute Gasteiger partial charge is 0.142 e. The van der Waals surface area contributed by atoms with Crippen molar-refractivity contribution in [2.24, 2.45) is 0 Å². The number of pyridine rings is 3. The molecule has 0 fully saturated rings. The molecule has 0 aliphatic heterocycles. The van der Waals surface area contributed by atoms with Crippen molar-refractivity contribution < 1.29 is 0 Å². The maximum absolute atomic E-state index is 5.75. The number of nitrogens with zero attached hydrogens (tertiary/aromatic N) is 6. The number of nitrogen functional groups attached to an aromatic ring is 1. The molecule has 0 aliphatic carbocycles. The zero-order valence-corrected chi connectivity index (χ0v) is 15.5. The summed E-state index contributed by atoms with van der Waals surface area (Å²) in [7, 11) is 0. The Hall–Kier alpha value is -4.20. The third-order valence-electron chi connectivity index (χ3n) is 4.55. The van der Waals surface area contributed by atoms with Crippen molar-refractivity contribution in [1.29, 1.82) is 0 Å². The molecule has 3 N–H and O–H groups in total. The van der Waals surface area contributed by atoms with Crippen molar-refractivity contribution in [3.8, 4) is 33.9 Å². The monoisotopic (exact) mass is 380 g/mol. The predicted molar refractivity (Wildman–Crippen MR) is 111 cm³/mol. The van der Waals surface area contributed by atoms with Gasteiger partial charge >= 0.3 is 0 Å². The minimum atomic E-state index is 0.359. The number of hydrogen-bond acceptors (Lipinski definition) is 7. The van der Waals surface area contributed by atoms with Gasteiger partial charge in [0.1, 0.15) is 5.82 Å². The molecular weight excluding hydrogens is 364 g/mol. The average Bonchev–Trinajstić information content (AvgIpc) is 3.23. The first-order valence-corrected chi connectivity index (χ1v) is 9.00. The molecule has 5 heterocycles. The average molecular weight is 380 g/mol. The van der Waals surface area contributed by atoms with Crippen molar-refractivity contribution in [3.05, 3.63) is 66.9 Å². The molecule has 0 saturated heterocycles. The number of rotatable bonds is 3. The summed E-state index contributed by atoms with van der Waals surface area (Å²) in [6.45, 7) is 1.96. The lowest BCUT2D eigenvalue weighted by Crippen LogP contribution is -1.95. The number of aryl methyl sites for hydroxylation is 1. The highest BCUT2D eigenvalue weighted by molar-refractivity contribution is 5.84. The number of nitrogens with one attached hydrogen (secondary N) is 1. The van der Waals surface area contributed by atoms with E-state index in [9.17, 15) is 0 Å². The van der Waals surface area contributed by atoms with E-state index in [1.165, 1.54) is 6.20 Å². The first kappa shape index (κ1) is 16.9. The molecule has 8 heteroatoms. The van der Waals surface area contributed by atoms with E-state index in [1.54, 1.807) is 18.6 Å². The second-order valence-corrected chi connectivity index (χ2v) is 6.61. The lowest BCUT2D eigenvalue weighted by atomic mass is 10.1. The zero-order chi connectivity index (χ0) is 19.8. The van der Waals surface area contributed by atoms with Gasteiger partial charge in [0.2, 0.25) is 0 Å². The summed E-state index contributed by atoms with van der Waals surface area (Å²) in [6, 6.07) is 11.7. The van der Waals surface area contributed by atoms with E-state index in [2.05, 4.69) is 30.1 Å². The number of aromatic amines is 1. The molecule has 5 aromatic heterocycles. The van der Waals surface area contributed by atoms with Crippen molar-refractivity contribution in [2.75, 3.05) is 5.73 Å². The molecular formula is C21H16N8. The summed E-state index contributed by atoms with van der Waals surface area (Å²) < 4.78 is 0. The van der Waals surface area contributed by atoms with E-state index in [1.807, 2.05) is 43.3 Å². The van der Waals surface area contributed by atoms with Gasteiger partial charge in [-0.15, -0.1) is 0 Å². The second-order valence-electron chi connectivity index (χ2n) is 6.61. The number of hydrogen-bond donors (Lipinski definition) is 2. The number of aromatic nitrogens is 7. The van der Waals surface area contributed by atoms with E-state index in [0.29, 0.717) is 11.5 Å². The van der Waals surface area contributed by atoms with Gasteiger partial charge in [-0.25, -0.2) is 9.97 Å². The van der Waals surface area contributed by atoms with E-state index in [4.69, 9.17) is 10.7 Å². The van der Waals surface area contributed by atoms with Gasteiger partial charge in [0, 0.05) is 23.0 Å². The third-order valence-corrected chi connectivity index (χ3v) is 4.55. The fourth-order valence-electron chi connectivity index (χ4n) is 3.17. The van der Waals surface area contributed by atoms with Crippen LogP contribution in [-0.4, -0.2) is 35.1 Å². The van der Waals surface area contributed by atoms with E-state index in [-0.39, 0.29) is 0 Å². The predicted octanol–water partition coefficient (Wildman–Crippen LogP) is 3.43. The van der Waals surface area contributed by atoms with Crippen LogP contribution in [0, 0.1) is 6.92 Å². The lowest BCUT2D eigenvalue weighted by Gasteiger charge is -2.06. The number of anilines is 1. The van der Waals surface area contributed by atoms with Crippen LogP contribution in [0.5, 0.6) is 0 Å². The molecule has 0 aliphatic rings. The summed E-state index contributed by atoms with van der Waals surface area (Å²) >= 11 is 0. The van der Waals surface area contributed by atoms with Gasteiger partial charge in [0.05, 0.1) is 52.4 Å². The largest absolute Gasteiger partial charge is 0.382 e. The van der Waals surface area contributed by atoms with Crippen LogP contribution in [0.4, 0.5) is 5.82 Å². The fourth-order valence-corrected chi connectivity index (χ4v) is 3.17. The molecule has 0 atom stereocenters. The Morgan fingerprint density at radius 1 is 0.828 bits per heavy atom. The van der Waals surface area contributed by atoms with Crippen molar-refractivity contribution in [3.63, 3.8) is 0 Å². The molecule has 0 bridgehead atoms. The van der Waals surface area contributed by atoms with Gasteiger partial charge in [0.25, 0.3) is 0 Å². The van der Waals surface area contributed by atoms with E-state index in [0.717, 1.165) is 44.9 Å². The highest BCUT2D eigenvalue weighted by Crippen LogP contribution is 2.29. The maximum atomic E-state index is 5.75. The molecule has 0 aromatic carbocycles. The molecule has 0 amide bonds. The van der Waals surface area contributed by atoms with Gasteiger partial charge in [-0.2, -0.15) is 5.10 Å². The van der Waals surface area contributed by atoms with Gasteiger partial charge in [-0.05, 0) is 37.3 Å². The topological polar surface area (TPSA) is 119 Å². The van der Waals surface area contributed by atoms with Crippen LogP contribution in [-0.2, 0) is 0 Å². The minimum absolute atomic E-state index is 0.359. The Kier molecular flexibility index (Phi) is 3.94. The molecule has 140 valence electrons. The van der Waals surface area contributed by atoms with Crippen LogP contribution >= 0.6 is 0 Å². The normalized spacial score (nSPS) is 11.1. The standard InChI is InChI=1S/C21H16N8/c1-12-3-2-4-17(26-12)21-14(9-25-29-21)15-5-6-16-18(27-15)7-13(8-24-16)19-10-23-11-20(22)28-19/h2-11H,1H3,(H2,22,28)(H,25,29). The number of H-pyrrole nitrogens is 1. The second kappa shape index (κ2) is 6.75. The molecule has 29 heavy (non-hydrogen) atoms. The van der Waals surface area contributed by atoms with Crippen molar-refractivity contribution >= 4 is 16.9 Å². The van der Waals surface area contributed by atoms with E-state index >= 15 is 0 Å².